The summed E-state index contributed by atoms with van der Waals surface area (Å²) < 4.78 is 0. The summed E-state index contributed by atoms with van der Waals surface area (Å²) in [6, 6.07) is 15.7. The second-order valence-corrected chi connectivity index (χ2v) is 4.82. The van der Waals surface area contributed by atoms with Crippen LogP contribution < -0.4 is 5.32 Å². The number of halogens is 2. The summed E-state index contributed by atoms with van der Waals surface area (Å²) in [5.41, 5.74) is 2.20. The van der Waals surface area contributed by atoms with E-state index in [0.29, 0.717) is 10.0 Å². The van der Waals surface area contributed by atoms with Crippen LogP contribution in [-0.4, -0.2) is 11.1 Å². The molecular weight excluding hydrogens is 309 g/mol. The van der Waals surface area contributed by atoms with Crippen molar-refractivity contribution >= 4 is 34.9 Å². The lowest BCUT2D eigenvalue weighted by Gasteiger charge is -2.07. The number of carbonyl (C=O) groups is 1. The lowest BCUT2D eigenvalue weighted by molar-refractivity contribution is -0.131. The van der Waals surface area contributed by atoms with E-state index in [2.05, 4.69) is 11.9 Å². The van der Waals surface area contributed by atoms with Crippen LogP contribution in [0.3, 0.4) is 0 Å². The van der Waals surface area contributed by atoms with E-state index < -0.39 is 5.97 Å². The quantitative estimate of drug-likeness (QED) is 0.790. The summed E-state index contributed by atoms with van der Waals surface area (Å²) in [7, 11) is 0. The fourth-order valence-corrected chi connectivity index (χ4v) is 1.73. The normalized spacial score (nSPS) is 9.24. The number of benzene rings is 2. The van der Waals surface area contributed by atoms with Gasteiger partial charge in [0.05, 0.1) is 10.0 Å². The average molecular weight is 324 g/mol. The van der Waals surface area contributed by atoms with Crippen LogP contribution in [-0.2, 0) is 11.3 Å². The summed E-state index contributed by atoms with van der Waals surface area (Å²) in [6.07, 6.45) is 0.833. The molecule has 2 N–H and O–H groups in total. The Morgan fingerprint density at radius 1 is 1.14 bits per heavy atom. The van der Waals surface area contributed by atoms with Crippen LogP contribution in [0.4, 0.5) is 5.69 Å². The molecule has 2 rings (SSSR count). The summed E-state index contributed by atoms with van der Waals surface area (Å²) in [6.45, 7) is 3.70. The van der Waals surface area contributed by atoms with Gasteiger partial charge in [-0.1, -0.05) is 54.0 Å². The number of hydrogen-bond donors (Lipinski definition) is 2. The molecule has 2 aromatic rings. The van der Waals surface area contributed by atoms with Crippen molar-refractivity contribution in [2.75, 3.05) is 5.32 Å². The van der Waals surface area contributed by atoms with Crippen molar-refractivity contribution < 1.29 is 9.90 Å². The minimum Gasteiger partial charge on any atom is -0.478 e. The Kier molecular flexibility index (Phi) is 7.37. The zero-order valence-corrected chi connectivity index (χ0v) is 12.7. The molecular formula is C16H15Cl2NO2. The van der Waals surface area contributed by atoms with Crippen LogP contribution in [0, 0.1) is 0 Å². The number of carboxylic acid groups (broad SMARTS) is 1. The van der Waals surface area contributed by atoms with Crippen molar-refractivity contribution in [2.24, 2.45) is 0 Å². The van der Waals surface area contributed by atoms with Gasteiger partial charge in [-0.3, -0.25) is 0 Å². The van der Waals surface area contributed by atoms with Crippen LogP contribution >= 0.6 is 23.2 Å². The Bertz CT molecular complexity index is 600. The molecule has 0 bridgehead atoms. The maximum absolute atomic E-state index is 9.25. The second-order valence-electron chi connectivity index (χ2n) is 4.01. The van der Waals surface area contributed by atoms with Crippen molar-refractivity contribution in [3.05, 3.63) is 76.8 Å². The van der Waals surface area contributed by atoms with Gasteiger partial charge in [0, 0.05) is 18.3 Å². The topological polar surface area (TPSA) is 49.3 Å². The number of nitrogens with one attached hydrogen (secondary N) is 1. The van der Waals surface area contributed by atoms with Crippen LogP contribution in [0.15, 0.2) is 61.2 Å². The molecule has 2 aromatic carbocycles. The number of carboxylic acids is 1. The van der Waals surface area contributed by atoms with Crippen molar-refractivity contribution in [3.8, 4) is 0 Å². The van der Waals surface area contributed by atoms with Crippen LogP contribution in [0.25, 0.3) is 0 Å². The molecule has 3 nitrogen and oxygen atoms in total. The maximum Gasteiger partial charge on any atom is 0.327 e. The zero-order valence-electron chi connectivity index (χ0n) is 11.2. The lowest BCUT2D eigenvalue weighted by atomic mass is 10.2. The molecule has 0 atom stereocenters. The zero-order chi connectivity index (χ0) is 15.7. The van der Waals surface area contributed by atoms with Crippen molar-refractivity contribution in [3.63, 3.8) is 0 Å². The van der Waals surface area contributed by atoms with Gasteiger partial charge in [0.1, 0.15) is 0 Å². The first-order valence-electron chi connectivity index (χ1n) is 6.11. The molecule has 0 aromatic heterocycles. The Hall–Kier alpha value is -1.97. The second kappa shape index (κ2) is 9.06. The highest BCUT2D eigenvalue weighted by atomic mass is 35.5. The molecule has 0 amide bonds. The Morgan fingerprint density at radius 2 is 1.76 bits per heavy atom. The van der Waals surface area contributed by atoms with E-state index >= 15 is 0 Å². The largest absolute Gasteiger partial charge is 0.478 e. The summed E-state index contributed by atoms with van der Waals surface area (Å²) in [4.78, 5) is 9.25. The van der Waals surface area contributed by atoms with E-state index in [1.54, 1.807) is 0 Å². The first kappa shape index (κ1) is 17.1. The van der Waals surface area contributed by atoms with Gasteiger partial charge in [0.2, 0.25) is 0 Å². The van der Waals surface area contributed by atoms with Crippen molar-refractivity contribution in [1.29, 1.82) is 0 Å². The lowest BCUT2D eigenvalue weighted by Crippen LogP contribution is -1.98. The van der Waals surface area contributed by atoms with E-state index in [1.807, 2.05) is 48.5 Å². The summed E-state index contributed by atoms with van der Waals surface area (Å²) in [5, 5.41) is 12.1. The van der Waals surface area contributed by atoms with Gasteiger partial charge in [-0.15, -0.1) is 0 Å². The Labute approximate surface area is 133 Å². The first-order valence-corrected chi connectivity index (χ1v) is 6.86. The Morgan fingerprint density at radius 3 is 2.29 bits per heavy atom. The molecule has 5 heteroatoms. The molecule has 0 aliphatic rings. The van der Waals surface area contributed by atoms with Crippen LogP contribution in [0.5, 0.6) is 0 Å². The molecule has 0 unspecified atom stereocenters. The molecule has 0 radical (unpaired) electrons. The third-order valence-electron chi connectivity index (χ3n) is 2.43. The molecule has 0 spiro atoms. The van der Waals surface area contributed by atoms with E-state index in [0.717, 1.165) is 23.9 Å². The maximum atomic E-state index is 9.25. The fourth-order valence-electron chi connectivity index (χ4n) is 1.41. The predicted octanol–water partition coefficient (Wildman–Crippen LogP) is 4.86. The number of rotatable bonds is 4. The molecule has 0 aliphatic heterocycles. The van der Waals surface area contributed by atoms with Crippen LogP contribution in [0.1, 0.15) is 5.56 Å². The van der Waals surface area contributed by atoms with Crippen molar-refractivity contribution in [1.82, 2.24) is 0 Å². The molecule has 21 heavy (non-hydrogen) atoms. The minimum absolute atomic E-state index is 0.588. The van der Waals surface area contributed by atoms with Gasteiger partial charge >= 0.3 is 5.97 Å². The Balaban J connectivity index is 0.000000383. The number of aliphatic carboxylic acids is 1. The smallest absolute Gasteiger partial charge is 0.327 e. The summed E-state index contributed by atoms with van der Waals surface area (Å²) in [5.74, 6) is -0.981. The van der Waals surface area contributed by atoms with Gasteiger partial charge in [-0.2, -0.15) is 0 Å². The van der Waals surface area contributed by atoms with Gasteiger partial charge < -0.3 is 10.4 Å². The molecule has 0 fully saturated rings. The first-order chi connectivity index (χ1) is 10.0. The standard InChI is InChI=1S/C13H11Cl2N.C3H4O2/c14-12-7-6-10(8-13(12)15)9-16-11-4-2-1-3-5-11;1-2-3(4)5/h1-8,16H,9H2;2H,1H2,(H,4,5). The molecule has 0 saturated carbocycles. The van der Waals surface area contributed by atoms with Gasteiger partial charge in [0.15, 0.2) is 0 Å². The molecule has 0 aliphatic carbocycles. The highest BCUT2D eigenvalue weighted by molar-refractivity contribution is 6.42. The predicted molar refractivity (Wildman–Crippen MR) is 88.1 cm³/mol. The molecule has 0 heterocycles. The highest BCUT2D eigenvalue weighted by Gasteiger charge is 1.99. The third-order valence-corrected chi connectivity index (χ3v) is 3.17. The monoisotopic (exact) mass is 323 g/mol. The van der Waals surface area contributed by atoms with Crippen LogP contribution in [0.2, 0.25) is 10.0 Å². The van der Waals surface area contributed by atoms with Gasteiger partial charge in [-0.05, 0) is 29.8 Å². The van der Waals surface area contributed by atoms with E-state index in [9.17, 15) is 4.79 Å². The van der Waals surface area contributed by atoms with E-state index in [4.69, 9.17) is 28.3 Å². The fraction of sp³-hybridized carbons (Fsp3) is 0.0625. The average Bonchev–Trinajstić information content (AvgIpc) is 2.50. The number of para-hydroxylation sites is 1. The number of hydrogen-bond acceptors (Lipinski definition) is 2. The highest BCUT2D eigenvalue weighted by Crippen LogP contribution is 2.23. The SMILES string of the molecule is C=CC(=O)O.Clc1ccc(CNc2ccccc2)cc1Cl. The minimum atomic E-state index is -0.981. The van der Waals surface area contributed by atoms with E-state index in [1.165, 1.54) is 0 Å². The molecule has 110 valence electrons. The van der Waals surface area contributed by atoms with E-state index in [-0.39, 0.29) is 0 Å². The number of anilines is 1. The molecule has 0 saturated heterocycles. The van der Waals surface area contributed by atoms with Gasteiger partial charge in [-0.25, -0.2) is 4.79 Å². The van der Waals surface area contributed by atoms with Crippen molar-refractivity contribution in [2.45, 2.75) is 6.54 Å². The third kappa shape index (κ3) is 6.84. The van der Waals surface area contributed by atoms with Gasteiger partial charge in [0.25, 0.3) is 0 Å². The summed E-state index contributed by atoms with van der Waals surface area (Å²) >= 11 is 11.8.